The van der Waals surface area contributed by atoms with Gasteiger partial charge in [-0.3, -0.25) is 19.7 Å². The molecule has 0 unspecified atom stereocenters. The minimum atomic E-state index is -1.05. The molecular formula is C10H9ClN2O5. The van der Waals surface area contributed by atoms with Crippen LogP contribution >= 0.6 is 11.6 Å². The quantitative estimate of drug-likeness (QED) is 0.623. The number of amides is 1. The number of benzene rings is 1. The normalized spacial score (nSPS) is 9.83. The van der Waals surface area contributed by atoms with Gasteiger partial charge in [-0.15, -0.1) is 0 Å². The summed E-state index contributed by atoms with van der Waals surface area (Å²) in [6.07, 6.45) is -0.228. The smallest absolute Gasteiger partial charge is 0.305 e. The Hall–Kier alpha value is -2.15. The number of nitro benzene ring substituents is 1. The fourth-order valence-corrected chi connectivity index (χ4v) is 1.43. The second kappa shape index (κ2) is 5.97. The van der Waals surface area contributed by atoms with Gasteiger partial charge in [0, 0.05) is 29.3 Å². The fraction of sp³-hybridized carbons (Fsp3) is 0.200. The molecule has 18 heavy (non-hydrogen) atoms. The zero-order valence-electron chi connectivity index (χ0n) is 9.05. The van der Waals surface area contributed by atoms with Crippen molar-refractivity contribution in [2.45, 2.75) is 6.42 Å². The van der Waals surface area contributed by atoms with Crippen molar-refractivity contribution < 1.29 is 19.6 Å². The molecule has 8 heteroatoms. The lowest BCUT2D eigenvalue weighted by Crippen LogP contribution is -2.26. The molecule has 0 heterocycles. The number of non-ortho nitro benzene ring substituents is 1. The number of nitrogens with one attached hydrogen (secondary N) is 1. The lowest BCUT2D eigenvalue weighted by molar-refractivity contribution is -0.384. The molecule has 0 aromatic heterocycles. The Bertz CT molecular complexity index is 503. The molecule has 1 rings (SSSR count). The van der Waals surface area contributed by atoms with Crippen LogP contribution in [0.5, 0.6) is 0 Å². The van der Waals surface area contributed by atoms with Crippen molar-refractivity contribution in [2.75, 3.05) is 6.54 Å². The molecular weight excluding hydrogens is 264 g/mol. The summed E-state index contributed by atoms with van der Waals surface area (Å²) in [6.45, 7) is -0.0610. The topological polar surface area (TPSA) is 110 Å². The van der Waals surface area contributed by atoms with Gasteiger partial charge in [0.05, 0.1) is 11.3 Å². The Balaban J connectivity index is 2.79. The van der Waals surface area contributed by atoms with Gasteiger partial charge in [0.1, 0.15) is 0 Å². The van der Waals surface area contributed by atoms with Crippen molar-refractivity contribution in [1.82, 2.24) is 5.32 Å². The number of nitro groups is 1. The van der Waals surface area contributed by atoms with E-state index >= 15 is 0 Å². The van der Waals surface area contributed by atoms with Crippen molar-refractivity contribution in [1.29, 1.82) is 0 Å². The van der Waals surface area contributed by atoms with E-state index < -0.39 is 16.8 Å². The lowest BCUT2D eigenvalue weighted by Gasteiger charge is -2.04. The van der Waals surface area contributed by atoms with Gasteiger partial charge in [0.25, 0.3) is 11.6 Å². The molecule has 0 fully saturated rings. The highest BCUT2D eigenvalue weighted by Crippen LogP contribution is 2.20. The molecule has 0 saturated carbocycles. The first-order chi connectivity index (χ1) is 8.40. The third-order valence-corrected chi connectivity index (χ3v) is 2.20. The molecule has 1 aromatic carbocycles. The molecule has 0 bridgehead atoms. The summed E-state index contributed by atoms with van der Waals surface area (Å²) >= 11 is 5.64. The van der Waals surface area contributed by atoms with E-state index in [1.54, 1.807) is 0 Å². The molecule has 0 atom stereocenters. The van der Waals surface area contributed by atoms with E-state index in [2.05, 4.69) is 5.32 Å². The van der Waals surface area contributed by atoms with Crippen LogP contribution in [0.2, 0.25) is 5.02 Å². The molecule has 0 radical (unpaired) electrons. The summed E-state index contributed by atoms with van der Waals surface area (Å²) < 4.78 is 0. The number of carbonyl (C=O) groups excluding carboxylic acids is 1. The second-order valence-corrected chi connectivity index (χ2v) is 3.79. The maximum Gasteiger partial charge on any atom is 0.305 e. The average molecular weight is 273 g/mol. The number of rotatable bonds is 5. The zero-order chi connectivity index (χ0) is 13.7. The summed E-state index contributed by atoms with van der Waals surface area (Å²) in [5.74, 6) is -1.66. The number of carboxylic acids is 1. The third-order valence-electron chi connectivity index (χ3n) is 1.98. The van der Waals surface area contributed by atoms with Crippen molar-refractivity contribution in [2.24, 2.45) is 0 Å². The molecule has 0 spiro atoms. The summed E-state index contributed by atoms with van der Waals surface area (Å²) in [7, 11) is 0. The van der Waals surface area contributed by atoms with Crippen LogP contribution in [0.15, 0.2) is 18.2 Å². The van der Waals surface area contributed by atoms with Crippen LogP contribution in [0.25, 0.3) is 0 Å². The first-order valence-corrected chi connectivity index (χ1v) is 5.23. The van der Waals surface area contributed by atoms with Gasteiger partial charge in [-0.05, 0) is 6.07 Å². The van der Waals surface area contributed by atoms with Gasteiger partial charge in [-0.1, -0.05) is 11.6 Å². The maximum atomic E-state index is 11.6. The predicted octanol–water partition coefficient (Wildman–Crippen LogP) is 1.45. The van der Waals surface area contributed by atoms with E-state index in [0.29, 0.717) is 0 Å². The highest BCUT2D eigenvalue weighted by Gasteiger charge is 2.13. The lowest BCUT2D eigenvalue weighted by atomic mass is 10.2. The molecule has 7 nitrogen and oxygen atoms in total. The van der Waals surface area contributed by atoms with Crippen LogP contribution in [0, 0.1) is 10.1 Å². The number of hydrogen-bond donors (Lipinski definition) is 2. The number of aliphatic carboxylic acids is 1. The molecule has 0 aliphatic heterocycles. The standard InChI is InChI=1S/C10H9ClN2O5/c11-7-3-6(4-8(5-7)13(17)18)10(16)12-2-1-9(14)15/h3-5H,1-2H2,(H,12,16)(H,14,15). The zero-order valence-corrected chi connectivity index (χ0v) is 9.81. The van der Waals surface area contributed by atoms with E-state index in [9.17, 15) is 19.7 Å². The number of nitrogens with zero attached hydrogens (tertiary/aromatic N) is 1. The van der Waals surface area contributed by atoms with E-state index in [1.165, 1.54) is 6.07 Å². The molecule has 1 amide bonds. The maximum absolute atomic E-state index is 11.6. The Morgan fingerprint density at radius 2 is 2.06 bits per heavy atom. The van der Waals surface area contributed by atoms with E-state index in [0.717, 1.165) is 12.1 Å². The van der Waals surface area contributed by atoms with Gasteiger partial charge < -0.3 is 10.4 Å². The molecule has 0 aliphatic rings. The number of carboxylic acid groups (broad SMARTS) is 1. The van der Waals surface area contributed by atoms with Crippen LogP contribution in [-0.2, 0) is 4.79 Å². The summed E-state index contributed by atoms with van der Waals surface area (Å²) in [6, 6.07) is 3.46. The second-order valence-electron chi connectivity index (χ2n) is 3.35. The Kier molecular flexibility index (Phi) is 4.61. The molecule has 0 aliphatic carbocycles. The van der Waals surface area contributed by atoms with Gasteiger partial charge in [-0.25, -0.2) is 0 Å². The van der Waals surface area contributed by atoms with E-state index in [1.807, 2.05) is 0 Å². The van der Waals surface area contributed by atoms with Crippen LogP contribution in [0.1, 0.15) is 16.8 Å². The van der Waals surface area contributed by atoms with Gasteiger partial charge in [0.15, 0.2) is 0 Å². The summed E-state index contributed by atoms with van der Waals surface area (Å²) in [5.41, 5.74) is -0.287. The summed E-state index contributed by atoms with van der Waals surface area (Å²) in [4.78, 5) is 31.7. The number of halogens is 1. The molecule has 1 aromatic rings. The Morgan fingerprint density at radius 3 is 2.61 bits per heavy atom. The van der Waals surface area contributed by atoms with Crippen LogP contribution < -0.4 is 5.32 Å². The predicted molar refractivity (Wildman–Crippen MR) is 62.7 cm³/mol. The van der Waals surface area contributed by atoms with Crippen LogP contribution in [0.4, 0.5) is 5.69 Å². The monoisotopic (exact) mass is 272 g/mol. The van der Waals surface area contributed by atoms with Crippen molar-refractivity contribution in [3.63, 3.8) is 0 Å². The van der Waals surface area contributed by atoms with Crippen LogP contribution in [-0.4, -0.2) is 28.5 Å². The largest absolute Gasteiger partial charge is 0.481 e. The third kappa shape index (κ3) is 4.02. The van der Waals surface area contributed by atoms with Gasteiger partial charge >= 0.3 is 5.97 Å². The van der Waals surface area contributed by atoms with E-state index in [4.69, 9.17) is 16.7 Å². The SMILES string of the molecule is O=C(O)CCNC(=O)c1cc(Cl)cc([N+](=O)[O-])c1. The first-order valence-electron chi connectivity index (χ1n) is 4.85. The highest BCUT2D eigenvalue weighted by atomic mass is 35.5. The fourth-order valence-electron chi connectivity index (χ4n) is 1.20. The first kappa shape index (κ1) is 13.9. The molecule has 96 valence electrons. The van der Waals surface area contributed by atoms with Crippen molar-refractivity contribution in [3.05, 3.63) is 38.9 Å². The van der Waals surface area contributed by atoms with Crippen molar-refractivity contribution in [3.8, 4) is 0 Å². The Morgan fingerprint density at radius 1 is 1.39 bits per heavy atom. The van der Waals surface area contributed by atoms with Gasteiger partial charge in [-0.2, -0.15) is 0 Å². The van der Waals surface area contributed by atoms with Crippen LogP contribution in [0.3, 0.4) is 0 Å². The van der Waals surface area contributed by atoms with E-state index in [-0.39, 0.29) is 29.2 Å². The Labute approximate surface area is 107 Å². The highest BCUT2D eigenvalue weighted by molar-refractivity contribution is 6.31. The minimum Gasteiger partial charge on any atom is -0.481 e. The van der Waals surface area contributed by atoms with Gasteiger partial charge in [0.2, 0.25) is 0 Å². The average Bonchev–Trinajstić information content (AvgIpc) is 2.27. The minimum absolute atomic E-state index is 0.0135. The number of carbonyl (C=O) groups is 2. The number of hydrogen-bond acceptors (Lipinski definition) is 4. The van der Waals surface area contributed by atoms with Crippen molar-refractivity contribution >= 4 is 29.2 Å². The molecule has 0 saturated heterocycles. The summed E-state index contributed by atoms with van der Waals surface area (Å²) in [5, 5.41) is 21.4. The molecule has 2 N–H and O–H groups in total.